The molecule has 0 aromatic heterocycles. The van der Waals surface area contributed by atoms with Crippen LogP contribution in [-0.4, -0.2) is 11.0 Å². The van der Waals surface area contributed by atoms with Crippen molar-refractivity contribution in [2.45, 2.75) is 50.5 Å². The van der Waals surface area contributed by atoms with Crippen LogP contribution >= 0.6 is 15.9 Å². The smallest absolute Gasteiger partial charge is 0.171 e. The summed E-state index contributed by atoms with van der Waals surface area (Å²) in [7, 11) is 0. The molecule has 1 rings (SSSR count). The van der Waals surface area contributed by atoms with Crippen molar-refractivity contribution < 1.29 is 13.2 Å². The minimum atomic E-state index is -3.98. The summed E-state index contributed by atoms with van der Waals surface area (Å²) >= 11 is 3.59. The van der Waals surface area contributed by atoms with Gasteiger partial charge in [0, 0.05) is 4.83 Å². The monoisotopic (exact) mass is 286 g/mol. The summed E-state index contributed by atoms with van der Waals surface area (Å²) in [6.07, 6.45) is -1.95. The first-order valence-electron chi connectivity index (χ1n) is 5.53. The molecule has 1 aliphatic rings. The molecule has 4 heteroatoms. The predicted octanol–water partition coefficient (Wildman–Crippen LogP) is 4.77. The summed E-state index contributed by atoms with van der Waals surface area (Å²) in [5.41, 5.74) is 0. The van der Waals surface area contributed by atoms with Gasteiger partial charge in [0.25, 0.3) is 0 Å². The Hall–Kier alpha value is 0.270. The van der Waals surface area contributed by atoms with Crippen LogP contribution in [-0.2, 0) is 0 Å². The topological polar surface area (TPSA) is 0 Å². The second-order valence-corrected chi connectivity index (χ2v) is 5.90. The lowest BCUT2D eigenvalue weighted by atomic mass is 9.78. The fourth-order valence-electron chi connectivity index (χ4n) is 2.31. The maximum atomic E-state index is 12.4. The third kappa shape index (κ3) is 3.65. The molecule has 0 amide bonds. The molecule has 1 atom stereocenters. The minimum Gasteiger partial charge on any atom is -0.171 e. The molecule has 90 valence electrons. The lowest BCUT2D eigenvalue weighted by Gasteiger charge is -2.33. The maximum absolute atomic E-state index is 12.4. The van der Waals surface area contributed by atoms with Crippen molar-refractivity contribution in [3.8, 4) is 0 Å². The van der Waals surface area contributed by atoms with Crippen molar-refractivity contribution in [3.63, 3.8) is 0 Å². The molecule has 1 unspecified atom stereocenters. The average molecular weight is 287 g/mol. The molecule has 0 nitrogen and oxygen atoms in total. The van der Waals surface area contributed by atoms with E-state index < -0.39 is 12.1 Å². The SMILES string of the molecule is CC(C)C(Br)C1CCC(C(F)(F)F)CC1. The summed E-state index contributed by atoms with van der Waals surface area (Å²) in [6.45, 7) is 4.21. The average Bonchev–Trinajstić information content (AvgIpc) is 2.15. The Bertz CT molecular complexity index is 192. The zero-order valence-electron chi connectivity index (χ0n) is 9.15. The van der Waals surface area contributed by atoms with Crippen molar-refractivity contribution >= 4 is 15.9 Å². The van der Waals surface area contributed by atoms with Crippen molar-refractivity contribution in [1.29, 1.82) is 0 Å². The van der Waals surface area contributed by atoms with E-state index in [4.69, 9.17) is 0 Å². The van der Waals surface area contributed by atoms with Gasteiger partial charge in [-0.05, 0) is 37.5 Å². The van der Waals surface area contributed by atoms with Crippen LogP contribution in [0.1, 0.15) is 39.5 Å². The van der Waals surface area contributed by atoms with Gasteiger partial charge in [0.2, 0.25) is 0 Å². The highest BCUT2D eigenvalue weighted by Gasteiger charge is 2.42. The lowest BCUT2D eigenvalue weighted by Crippen LogP contribution is -2.31. The van der Waals surface area contributed by atoms with Gasteiger partial charge in [-0.25, -0.2) is 0 Å². The van der Waals surface area contributed by atoms with Gasteiger partial charge in [0.1, 0.15) is 0 Å². The molecule has 1 fully saturated rings. The van der Waals surface area contributed by atoms with Crippen LogP contribution in [0.25, 0.3) is 0 Å². The van der Waals surface area contributed by atoms with Crippen LogP contribution in [0.2, 0.25) is 0 Å². The van der Waals surface area contributed by atoms with Gasteiger partial charge in [-0.3, -0.25) is 0 Å². The van der Waals surface area contributed by atoms with E-state index in [1.54, 1.807) is 0 Å². The molecule has 0 aromatic carbocycles. The van der Waals surface area contributed by atoms with E-state index in [1.807, 2.05) is 0 Å². The van der Waals surface area contributed by atoms with Crippen LogP contribution in [0.15, 0.2) is 0 Å². The molecular formula is C11H18BrF3. The number of halogens is 4. The summed E-state index contributed by atoms with van der Waals surface area (Å²) < 4.78 is 37.2. The third-order valence-corrected chi connectivity index (χ3v) is 5.13. The first kappa shape index (κ1) is 13.3. The Morgan fingerprint density at radius 3 is 1.87 bits per heavy atom. The highest BCUT2D eigenvalue weighted by atomic mass is 79.9. The first-order valence-corrected chi connectivity index (χ1v) is 6.44. The van der Waals surface area contributed by atoms with Crippen LogP contribution in [0.4, 0.5) is 13.2 Å². The normalized spacial score (nSPS) is 30.6. The lowest BCUT2D eigenvalue weighted by molar-refractivity contribution is -0.184. The predicted molar refractivity (Wildman–Crippen MR) is 59.1 cm³/mol. The molecular weight excluding hydrogens is 269 g/mol. The quantitative estimate of drug-likeness (QED) is 0.641. The maximum Gasteiger partial charge on any atom is 0.391 e. The second-order valence-electron chi connectivity index (χ2n) is 4.84. The summed E-state index contributed by atoms with van der Waals surface area (Å²) in [4.78, 5) is 0.367. The van der Waals surface area contributed by atoms with Crippen LogP contribution < -0.4 is 0 Å². The number of hydrogen-bond donors (Lipinski definition) is 0. The largest absolute Gasteiger partial charge is 0.391 e. The third-order valence-electron chi connectivity index (χ3n) is 3.32. The van der Waals surface area contributed by atoms with Crippen LogP contribution in [0, 0.1) is 17.8 Å². The Morgan fingerprint density at radius 1 is 1.07 bits per heavy atom. The van der Waals surface area contributed by atoms with Crippen molar-refractivity contribution in [1.82, 2.24) is 0 Å². The van der Waals surface area contributed by atoms with Crippen LogP contribution in [0.5, 0.6) is 0 Å². The van der Waals surface area contributed by atoms with Gasteiger partial charge >= 0.3 is 6.18 Å². The molecule has 0 saturated heterocycles. The van der Waals surface area contributed by atoms with Gasteiger partial charge in [-0.1, -0.05) is 29.8 Å². The van der Waals surface area contributed by atoms with Gasteiger partial charge in [0.05, 0.1) is 5.92 Å². The molecule has 0 aliphatic heterocycles. The Morgan fingerprint density at radius 2 is 1.53 bits per heavy atom. The minimum absolute atomic E-state index is 0.309. The standard InChI is InChI=1S/C11H18BrF3/c1-7(2)10(12)8-3-5-9(6-4-8)11(13,14)15/h7-10H,3-6H2,1-2H3. The molecule has 15 heavy (non-hydrogen) atoms. The highest BCUT2D eigenvalue weighted by Crippen LogP contribution is 2.42. The van der Waals surface area contributed by atoms with E-state index in [0.29, 0.717) is 42.3 Å². The zero-order valence-corrected chi connectivity index (χ0v) is 10.7. The molecule has 0 radical (unpaired) electrons. The van der Waals surface area contributed by atoms with Gasteiger partial charge < -0.3 is 0 Å². The van der Waals surface area contributed by atoms with Crippen molar-refractivity contribution in [2.24, 2.45) is 17.8 Å². The summed E-state index contributed by atoms with van der Waals surface area (Å²) in [5.74, 6) is -0.137. The molecule has 1 saturated carbocycles. The zero-order chi connectivity index (χ0) is 11.6. The van der Waals surface area contributed by atoms with E-state index in [2.05, 4.69) is 29.8 Å². The molecule has 0 spiro atoms. The Balaban J connectivity index is 2.42. The molecule has 0 bridgehead atoms. The van der Waals surface area contributed by atoms with Gasteiger partial charge in [-0.2, -0.15) is 13.2 Å². The fourth-order valence-corrected chi connectivity index (χ4v) is 2.84. The number of hydrogen-bond acceptors (Lipinski definition) is 0. The first-order chi connectivity index (χ1) is 6.82. The molecule has 0 heterocycles. The Kier molecular flexibility index (Phi) is 4.50. The fraction of sp³-hybridized carbons (Fsp3) is 1.00. The number of alkyl halides is 4. The van der Waals surface area contributed by atoms with Crippen molar-refractivity contribution in [3.05, 3.63) is 0 Å². The van der Waals surface area contributed by atoms with E-state index in [0.717, 1.165) is 0 Å². The van der Waals surface area contributed by atoms with Crippen molar-refractivity contribution in [2.75, 3.05) is 0 Å². The van der Waals surface area contributed by atoms with Crippen LogP contribution in [0.3, 0.4) is 0 Å². The second kappa shape index (κ2) is 5.07. The Labute approximate surface area is 97.7 Å². The molecule has 0 N–H and O–H groups in total. The van der Waals surface area contributed by atoms with Gasteiger partial charge in [0.15, 0.2) is 0 Å². The summed E-state index contributed by atoms with van der Waals surface area (Å²) in [6, 6.07) is 0. The van der Waals surface area contributed by atoms with E-state index >= 15 is 0 Å². The molecule has 0 aromatic rings. The van der Waals surface area contributed by atoms with E-state index in [1.165, 1.54) is 0 Å². The highest BCUT2D eigenvalue weighted by molar-refractivity contribution is 9.09. The van der Waals surface area contributed by atoms with E-state index in [9.17, 15) is 13.2 Å². The molecule has 1 aliphatic carbocycles. The van der Waals surface area contributed by atoms with E-state index in [-0.39, 0.29) is 0 Å². The van der Waals surface area contributed by atoms with Gasteiger partial charge in [-0.15, -0.1) is 0 Å². The summed E-state index contributed by atoms with van der Waals surface area (Å²) in [5, 5.41) is 0. The number of rotatable bonds is 2.